The number of ether oxygens (including phenoxy) is 14. The van der Waals surface area contributed by atoms with Crippen molar-refractivity contribution < 1.29 is 66.3 Å². The van der Waals surface area contributed by atoms with Gasteiger partial charge in [0.25, 0.3) is 0 Å². The molecule has 74 heavy (non-hydrogen) atoms. The lowest BCUT2D eigenvalue weighted by Gasteiger charge is -2.30. The molecule has 0 N–H and O–H groups in total. The summed E-state index contributed by atoms with van der Waals surface area (Å²) in [5.74, 6) is 8.95. The molecule has 0 aliphatic rings. The number of hydrogen-bond acceptors (Lipinski definition) is 14. The molecule has 0 saturated heterocycles. The zero-order chi connectivity index (χ0) is 53.3. The second-order valence-electron chi connectivity index (χ2n) is 17.7. The van der Waals surface area contributed by atoms with Crippen molar-refractivity contribution in [2.45, 2.75) is 57.3 Å². The first-order valence-electron chi connectivity index (χ1n) is 24.5. The van der Waals surface area contributed by atoms with Gasteiger partial charge in [-0.3, -0.25) is 0 Å². The second kappa shape index (κ2) is 27.0. The van der Waals surface area contributed by atoms with Crippen LogP contribution in [0.3, 0.4) is 0 Å². The zero-order valence-corrected chi connectivity index (χ0v) is 45.6. The summed E-state index contributed by atoms with van der Waals surface area (Å²) in [7, 11) is 23.2. The summed E-state index contributed by atoms with van der Waals surface area (Å²) in [6.45, 7) is 0. The molecule has 0 heterocycles. The van der Waals surface area contributed by atoms with Gasteiger partial charge in [-0.1, -0.05) is 0 Å². The molecule has 0 aliphatic carbocycles. The maximum Gasteiger partial charge on any atom is 0.203 e. The third-order valence-corrected chi connectivity index (χ3v) is 13.7. The number of benzene rings is 6. The molecule has 0 aromatic heterocycles. The van der Waals surface area contributed by atoms with Crippen molar-refractivity contribution in [1.82, 2.24) is 0 Å². The minimum atomic E-state index is -0.153. The van der Waals surface area contributed by atoms with Gasteiger partial charge in [-0.2, -0.15) is 0 Å². The molecule has 0 aliphatic heterocycles. The van der Waals surface area contributed by atoms with E-state index in [1.54, 1.807) is 99.5 Å². The first-order chi connectivity index (χ1) is 36.0. The third kappa shape index (κ3) is 13.4. The third-order valence-electron chi connectivity index (χ3n) is 13.7. The Morgan fingerprint density at radius 2 is 0.581 bits per heavy atom. The Bertz CT molecular complexity index is 2640. The maximum absolute atomic E-state index is 6.28. The van der Waals surface area contributed by atoms with Crippen LogP contribution in [0.25, 0.3) is 0 Å². The maximum atomic E-state index is 6.28. The fraction of sp³-hybridized carbons (Fsp3) is 0.400. The standard InChI is InChI=1S/C60H74O14/c1-61-44-22-37(23-45(35-44)62-2)16-19-48-51(65-5)27-39(28-52(48)66-6)15-18-42(21-40-29-55(69-9)59(73-13)56(30-40)70-10)50(26-41-31-57(71-11)60(74-14)58(32-41)72-12)43-33-53(67-7)49(54(34-43)68-8)20-17-38-24-46(63-3)36-47(25-38)64-4/h22-25,27-36,42,50H,15-21,26H2,1-14H3/t42-,50-/m1/s1. The van der Waals surface area contributed by atoms with Crippen molar-refractivity contribution in [2.75, 3.05) is 99.5 Å². The molecule has 0 saturated carbocycles. The van der Waals surface area contributed by atoms with E-state index in [4.69, 9.17) is 66.3 Å². The quantitative estimate of drug-likeness (QED) is 0.0442. The predicted octanol–water partition coefficient (Wildman–Crippen LogP) is 11.2. The lowest BCUT2D eigenvalue weighted by Crippen LogP contribution is -2.20. The van der Waals surface area contributed by atoms with Crippen molar-refractivity contribution in [3.8, 4) is 80.5 Å². The highest BCUT2D eigenvalue weighted by atomic mass is 16.5. The predicted molar refractivity (Wildman–Crippen MR) is 287 cm³/mol. The van der Waals surface area contributed by atoms with E-state index in [-0.39, 0.29) is 11.8 Å². The molecule has 0 radical (unpaired) electrons. The molecule has 398 valence electrons. The van der Waals surface area contributed by atoms with Crippen LogP contribution < -0.4 is 66.3 Å². The lowest BCUT2D eigenvalue weighted by atomic mass is 9.75. The number of methoxy groups -OCH3 is 14. The molecular weight excluding hydrogens is 945 g/mol. The average Bonchev–Trinajstić information content (AvgIpc) is 3.44. The summed E-state index contributed by atoms with van der Waals surface area (Å²) < 4.78 is 82.3. The van der Waals surface area contributed by atoms with E-state index < -0.39 is 0 Å². The molecule has 0 amide bonds. The van der Waals surface area contributed by atoms with E-state index in [1.165, 1.54) is 0 Å². The summed E-state index contributed by atoms with van der Waals surface area (Å²) in [6, 6.07) is 28.5. The first-order valence-corrected chi connectivity index (χ1v) is 24.5. The van der Waals surface area contributed by atoms with Crippen molar-refractivity contribution in [3.63, 3.8) is 0 Å². The SMILES string of the molecule is COc1cc(CCc2c(OC)cc(CC[C@H](Cc3cc(OC)c(OC)c(OC)c3)[C@@H](Cc3cc(OC)c(OC)c(OC)c3)c3cc(OC)c(CCc4cc(OC)cc(OC)c4)c(OC)c3)cc2OC)cc(OC)c1. The Labute approximate surface area is 437 Å². The summed E-state index contributed by atoms with van der Waals surface area (Å²) in [5.41, 5.74) is 8.11. The van der Waals surface area contributed by atoms with Crippen LogP contribution in [0.4, 0.5) is 0 Å². The zero-order valence-electron chi connectivity index (χ0n) is 45.6. The van der Waals surface area contributed by atoms with E-state index in [0.29, 0.717) is 90.9 Å². The molecule has 6 rings (SSSR count). The monoisotopic (exact) mass is 1020 g/mol. The normalized spacial score (nSPS) is 11.7. The van der Waals surface area contributed by atoms with Crippen molar-refractivity contribution >= 4 is 0 Å². The highest BCUT2D eigenvalue weighted by Crippen LogP contribution is 2.46. The van der Waals surface area contributed by atoms with E-state index in [0.717, 1.165) is 85.4 Å². The van der Waals surface area contributed by atoms with E-state index >= 15 is 0 Å². The van der Waals surface area contributed by atoms with Crippen LogP contribution >= 0.6 is 0 Å². The highest BCUT2D eigenvalue weighted by molar-refractivity contribution is 5.57. The van der Waals surface area contributed by atoms with Crippen LogP contribution in [0, 0.1) is 5.92 Å². The molecule has 0 unspecified atom stereocenters. The lowest BCUT2D eigenvalue weighted by molar-refractivity contribution is 0.321. The van der Waals surface area contributed by atoms with Gasteiger partial charge in [0.2, 0.25) is 11.5 Å². The smallest absolute Gasteiger partial charge is 0.203 e. The molecule has 14 heteroatoms. The van der Waals surface area contributed by atoms with Gasteiger partial charge in [0.15, 0.2) is 23.0 Å². The van der Waals surface area contributed by atoms with Gasteiger partial charge in [-0.15, -0.1) is 0 Å². The second-order valence-corrected chi connectivity index (χ2v) is 17.7. The summed E-state index contributed by atoms with van der Waals surface area (Å²) in [6.07, 6.45) is 5.27. The molecule has 6 aromatic carbocycles. The molecule has 0 spiro atoms. The fourth-order valence-corrected chi connectivity index (χ4v) is 9.87. The van der Waals surface area contributed by atoms with Crippen LogP contribution in [0.2, 0.25) is 0 Å². The van der Waals surface area contributed by atoms with Crippen LogP contribution in [-0.2, 0) is 44.9 Å². The molecule has 6 aromatic rings. The summed E-state index contributed by atoms with van der Waals surface area (Å²) in [4.78, 5) is 0. The topological polar surface area (TPSA) is 129 Å². The molecule has 2 atom stereocenters. The van der Waals surface area contributed by atoms with Gasteiger partial charge in [0.05, 0.1) is 99.5 Å². The minimum Gasteiger partial charge on any atom is -0.497 e. The summed E-state index contributed by atoms with van der Waals surface area (Å²) in [5, 5.41) is 0. The van der Waals surface area contributed by atoms with Gasteiger partial charge >= 0.3 is 0 Å². The minimum absolute atomic E-state index is 0.0406. The van der Waals surface area contributed by atoms with Crippen molar-refractivity contribution in [1.29, 1.82) is 0 Å². The van der Waals surface area contributed by atoms with Gasteiger partial charge < -0.3 is 66.3 Å². The number of rotatable bonds is 29. The Hall–Kier alpha value is -7.48. The first kappa shape index (κ1) is 55.8. The van der Waals surface area contributed by atoms with Crippen molar-refractivity contribution in [3.05, 3.63) is 129 Å². The van der Waals surface area contributed by atoms with E-state index in [1.807, 2.05) is 60.7 Å². The fourth-order valence-electron chi connectivity index (χ4n) is 9.87. The Morgan fingerprint density at radius 1 is 0.270 bits per heavy atom. The Balaban J connectivity index is 1.49. The molecular formula is C60H74O14. The molecule has 0 fully saturated rings. The highest BCUT2D eigenvalue weighted by Gasteiger charge is 2.30. The van der Waals surface area contributed by atoms with Gasteiger partial charge in [0, 0.05) is 23.3 Å². The van der Waals surface area contributed by atoms with Gasteiger partial charge in [0.1, 0.15) is 46.0 Å². The van der Waals surface area contributed by atoms with Crippen LogP contribution in [-0.4, -0.2) is 99.5 Å². The van der Waals surface area contributed by atoms with Gasteiger partial charge in [-0.05, 0) is 169 Å². The molecule has 0 bridgehead atoms. The largest absolute Gasteiger partial charge is 0.497 e. The molecule has 14 nitrogen and oxygen atoms in total. The van der Waals surface area contributed by atoms with Crippen LogP contribution in [0.1, 0.15) is 56.8 Å². The van der Waals surface area contributed by atoms with Crippen LogP contribution in [0.15, 0.2) is 84.9 Å². The Kier molecular flexibility index (Phi) is 20.4. The van der Waals surface area contributed by atoms with Crippen LogP contribution in [0.5, 0.6) is 80.5 Å². The number of hydrogen-bond donors (Lipinski definition) is 0. The summed E-state index contributed by atoms with van der Waals surface area (Å²) >= 11 is 0. The van der Waals surface area contributed by atoms with Crippen molar-refractivity contribution in [2.24, 2.45) is 5.92 Å². The van der Waals surface area contributed by atoms with E-state index in [9.17, 15) is 0 Å². The number of aryl methyl sites for hydroxylation is 3. The Morgan fingerprint density at radius 3 is 0.905 bits per heavy atom. The van der Waals surface area contributed by atoms with E-state index in [2.05, 4.69) is 24.3 Å². The van der Waals surface area contributed by atoms with Gasteiger partial charge in [-0.25, -0.2) is 0 Å². The average molecular weight is 1020 g/mol.